The van der Waals surface area contributed by atoms with E-state index < -0.39 is 0 Å². The van der Waals surface area contributed by atoms with Gasteiger partial charge in [-0.1, -0.05) is 40.0 Å². The van der Waals surface area contributed by atoms with Crippen molar-refractivity contribution in [1.29, 1.82) is 0 Å². The Hall–Kier alpha value is -0.530. The van der Waals surface area contributed by atoms with Gasteiger partial charge in [0.05, 0.1) is 0 Å². The van der Waals surface area contributed by atoms with Crippen LogP contribution in [0.1, 0.15) is 52.9 Å². The third kappa shape index (κ3) is 4.23. The van der Waals surface area contributed by atoms with E-state index in [-0.39, 0.29) is 5.41 Å². The molecule has 1 aliphatic rings. The molecule has 0 saturated heterocycles. The first-order valence-electron chi connectivity index (χ1n) is 6.15. The Morgan fingerprint density at radius 3 is 2.20 bits per heavy atom. The fourth-order valence-electron chi connectivity index (χ4n) is 2.45. The van der Waals surface area contributed by atoms with E-state index in [0.29, 0.717) is 11.8 Å². The SMILES string of the molecule is CN(CC(C)(C)C)C(=O)C1CCCCC1. The lowest BCUT2D eigenvalue weighted by Crippen LogP contribution is -2.38. The Labute approximate surface area is 94.0 Å². The van der Waals surface area contributed by atoms with E-state index in [1.54, 1.807) is 0 Å². The number of rotatable bonds is 2. The summed E-state index contributed by atoms with van der Waals surface area (Å²) in [6.45, 7) is 7.40. The molecule has 1 rings (SSSR count). The van der Waals surface area contributed by atoms with Crippen LogP contribution in [0.3, 0.4) is 0 Å². The van der Waals surface area contributed by atoms with Crippen LogP contribution in [0.2, 0.25) is 0 Å². The minimum absolute atomic E-state index is 0.207. The van der Waals surface area contributed by atoms with Gasteiger partial charge in [-0.3, -0.25) is 4.79 Å². The Kier molecular flexibility index (Phi) is 4.18. The molecular formula is C13H25NO. The molecule has 15 heavy (non-hydrogen) atoms. The Morgan fingerprint density at radius 1 is 1.20 bits per heavy atom. The maximum absolute atomic E-state index is 12.1. The summed E-state index contributed by atoms with van der Waals surface area (Å²) in [5.74, 6) is 0.677. The molecule has 0 radical (unpaired) electrons. The van der Waals surface area contributed by atoms with Crippen molar-refractivity contribution in [2.75, 3.05) is 13.6 Å². The smallest absolute Gasteiger partial charge is 0.225 e. The summed E-state index contributed by atoms with van der Waals surface area (Å²) in [4.78, 5) is 14.0. The second kappa shape index (κ2) is 5.00. The molecule has 0 aromatic rings. The van der Waals surface area contributed by atoms with Crippen molar-refractivity contribution in [1.82, 2.24) is 4.90 Å². The lowest BCUT2D eigenvalue weighted by molar-refractivity contribution is -0.136. The van der Waals surface area contributed by atoms with Crippen molar-refractivity contribution in [2.45, 2.75) is 52.9 Å². The third-order valence-electron chi connectivity index (χ3n) is 3.04. The number of carbonyl (C=O) groups is 1. The van der Waals surface area contributed by atoms with Crippen LogP contribution in [0.4, 0.5) is 0 Å². The normalized spacial score (nSPS) is 18.9. The zero-order valence-electron chi connectivity index (χ0n) is 10.7. The van der Waals surface area contributed by atoms with Crippen molar-refractivity contribution in [2.24, 2.45) is 11.3 Å². The van der Waals surface area contributed by atoms with E-state index in [9.17, 15) is 4.79 Å². The molecule has 1 fully saturated rings. The van der Waals surface area contributed by atoms with Crippen molar-refractivity contribution < 1.29 is 4.79 Å². The van der Waals surface area contributed by atoms with Gasteiger partial charge in [0.25, 0.3) is 0 Å². The number of carbonyl (C=O) groups excluding carboxylic acids is 1. The highest BCUT2D eigenvalue weighted by Crippen LogP contribution is 2.26. The third-order valence-corrected chi connectivity index (χ3v) is 3.04. The number of hydrogen-bond donors (Lipinski definition) is 0. The summed E-state index contributed by atoms with van der Waals surface area (Å²) in [5.41, 5.74) is 0.207. The van der Waals surface area contributed by atoms with Crippen LogP contribution in [0.5, 0.6) is 0 Å². The molecule has 88 valence electrons. The van der Waals surface area contributed by atoms with Gasteiger partial charge in [-0.25, -0.2) is 0 Å². The molecule has 0 unspecified atom stereocenters. The molecule has 0 aromatic heterocycles. The lowest BCUT2D eigenvalue weighted by Gasteiger charge is -2.31. The van der Waals surface area contributed by atoms with E-state index in [4.69, 9.17) is 0 Å². The van der Waals surface area contributed by atoms with E-state index in [2.05, 4.69) is 20.8 Å². The predicted octanol–water partition coefficient (Wildman–Crippen LogP) is 3.07. The molecule has 0 spiro atoms. The molecule has 0 bridgehead atoms. The molecule has 0 heterocycles. The average Bonchev–Trinajstić information content (AvgIpc) is 2.15. The summed E-state index contributed by atoms with van der Waals surface area (Å²) in [5, 5.41) is 0. The molecule has 0 aromatic carbocycles. The zero-order valence-corrected chi connectivity index (χ0v) is 10.7. The summed E-state index contributed by atoms with van der Waals surface area (Å²) in [6.07, 6.45) is 5.99. The van der Waals surface area contributed by atoms with Gasteiger partial charge in [0, 0.05) is 19.5 Å². The maximum atomic E-state index is 12.1. The number of nitrogens with zero attached hydrogens (tertiary/aromatic N) is 1. The van der Waals surface area contributed by atoms with Gasteiger partial charge < -0.3 is 4.90 Å². The van der Waals surface area contributed by atoms with Crippen LogP contribution in [-0.4, -0.2) is 24.4 Å². The first-order chi connectivity index (χ1) is 6.90. The first-order valence-corrected chi connectivity index (χ1v) is 6.15. The van der Waals surface area contributed by atoms with Crippen LogP contribution < -0.4 is 0 Å². The van der Waals surface area contributed by atoms with Crippen molar-refractivity contribution in [3.8, 4) is 0 Å². The quantitative estimate of drug-likeness (QED) is 0.687. The largest absolute Gasteiger partial charge is 0.345 e. The lowest BCUT2D eigenvalue weighted by atomic mass is 9.87. The molecule has 0 N–H and O–H groups in total. The molecule has 2 heteroatoms. The number of amides is 1. The van der Waals surface area contributed by atoms with Gasteiger partial charge in [0.15, 0.2) is 0 Å². The van der Waals surface area contributed by atoms with Crippen LogP contribution in [-0.2, 0) is 4.79 Å². The van der Waals surface area contributed by atoms with Gasteiger partial charge in [-0.05, 0) is 18.3 Å². The van der Waals surface area contributed by atoms with E-state index in [0.717, 1.165) is 19.4 Å². The Morgan fingerprint density at radius 2 is 1.73 bits per heavy atom. The average molecular weight is 211 g/mol. The van der Waals surface area contributed by atoms with Crippen LogP contribution in [0.25, 0.3) is 0 Å². The standard InChI is InChI=1S/C13H25NO/c1-13(2,3)10-14(4)12(15)11-8-6-5-7-9-11/h11H,5-10H2,1-4H3. The van der Waals surface area contributed by atoms with Crippen molar-refractivity contribution >= 4 is 5.91 Å². The first kappa shape index (κ1) is 12.5. The second-order valence-electron chi connectivity index (χ2n) is 6.09. The molecule has 2 nitrogen and oxygen atoms in total. The molecule has 0 aliphatic heterocycles. The number of hydrogen-bond acceptors (Lipinski definition) is 1. The van der Waals surface area contributed by atoms with Crippen LogP contribution in [0, 0.1) is 11.3 Å². The molecule has 1 aliphatic carbocycles. The highest BCUT2D eigenvalue weighted by atomic mass is 16.2. The highest BCUT2D eigenvalue weighted by molar-refractivity contribution is 5.78. The van der Waals surface area contributed by atoms with Gasteiger partial charge in [0.1, 0.15) is 0 Å². The summed E-state index contributed by atoms with van der Waals surface area (Å²) >= 11 is 0. The highest BCUT2D eigenvalue weighted by Gasteiger charge is 2.26. The summed E-state index contributed by atoms with van der Waals surface area (Å²) in [6, 6.07) is 0. The fraction of sp³-hybridized carbons (Fsp3) is 0.923. The zero-order chi connectivity index (χ0) is 11.5. The predicted molar refractivity (Wildman–Crippen MR) is 63.7 cm³/mol. The summed E-state index contributed by atoms with van der Waals surface area (Å²) in [7, 11) is 1.95. The maximum Gasteiger partial charge on any atom is 0.225 e. The van der Waals surface area contributed by atoms with Crippen LogP contribution in [0.15, 0.2) is 0 Å². The summed E-state index contributed by atoms with van der Waals surface area (Å²) < 4.78 is 0. The van der Waals surface area contributed by atoms with E-state index in [1.165, 1.54) is 19.3 Å². The van der Waals surface area contributed by atoms with Gasteiger partial charge in [-0.2, -0.15) is 0 Å². The molecular weight excluding hydrogens is 186 g/mol. The minimum Gasteiger partial charge on any atom is -0.345 e. The second-order valence-corrected chi connectivity index (χ2v) is 6.09. The van der Waals surface area contributed by atoms with E-state index in [1.807, 2.05) is 11.9 Å². The molecule has 1 amide bonds. The van der Waals surface area contributed by atoms with Gasteiger partial charge in [0.2, 0.25) is 5.91 Å². The molecule has 1 saturated carbocycles. The monoisotopic (exact) mass is 211 g/mol. The van der Waals surface area contributed by atoms with Crippen LogP contribution >= 0.6 is 0 Å². The van der Waals surface area contributed by atoms with Gasteiger partial charge >= 0.3 is 0 Å². The minimum atomic E-state index is 0.207. The van der Waals surface area contributed by atoms with Crippen molar-refractivity contribution in [3.05, 3.63) is 0 Å². The van der Waals surface area contributed by atoms with Gasteiger partial charge in [-0.15, -0.1) is 0 Å². The van der Waals surface area contributed by atoms with E-state index >= 15 is 0 Å². The van der Waals surface area contributed by atoms with Crippen molar-refractivity contribution in [3.63, 3.8) is 0 Å². The Balaban J connectivity index is 2.44. The topological polar surface area (TPSA) is 20.3 Å². The Bertz CT molecular complexity index is 211. The fourth-order valence-corrected chi connectivity index (χ4v) is 2.45. The molecule has 0 atom stereocenters.